The summed E-state index contributed by atoms with van der Waals surface area (Å²) in [6, 6.07) is 0. The number of nitrogens with two attached hydrogens (primary N) is 1. The number of carbonyl (C=O) groups excluding carboxylic acids is 2. The SMILES string of the molecule is NC(=O)CC1=NC(=O)CS1. The summed E-state index contributed by atoms with van der Waals surface area (Å²) in [5, 5.41) is 0.539. The van der Waals surface area contributed by atoms with E-state index >= 15 is 0 Å². The number of primary amides is 1. The molecule has 1 aliphatic rings. The molecule has 5 heteroatoms. The molecule has 0 saturated heterocycles. The predicted molar refractivity (Wildman–Crippen MR) is 38.7 cm³/mol. The number of amides is 2. The van der Waals surface area contributed by atoms with Gasteiger partial charge in [0, 0.05) is 0 Å². The maximum absolute atomic E-state index is 10.5. The molecule has 0 spiro atoms. The lowest BCUT2D eigenvalue weighted by atomic mass is 10.4. The summed E-state index contributed by atoms with van der Waals surface area (Å²) < 4.78 is 0. The van der Waals surface area contributed by atoms with Crippen molar-refractivity contribution < 1.29 is 9.59 Å². The summed E-state index contributed by atoms with van der Waals surface area (Å²) in [5.74, 6) is -0.273. The lowest BCUT2D eigenvalue weighted by Gasteiger charge is -1.89. The summed E-state index contributed by atoms with van der Waals surface area (Å²) >= 11 is 1.28. The van der Waals surface area contributed by atoms with Crippen LogP contribution in [0.4, 0.5) is 0 Å². The van der Waals surface area contributed by atoms with Crippen LogP contribution in [0, 0.1) is 0 Å². The molecule has 1 aliphatic heterocycles. The van der Waals surface area contributed by atoms with E-state index < -0.39 is 5.91 Å². The van der Waals surface area contributed by atoms with Gasteiger partial charge in [-0.25, -0.2) is 4.99 Å². The summed E-state index contributed by atoms with van der Waals surface area (Å²) in [7, 11) is 0. The third-order valence-electron chi connectivity index (χ3n) is 0.937. The summed E-state index contributed by atoms with van der Waals surface area (Å²) in [6.45, 7) is 0. The zero-order chi connectivity index (χ0) is 7.56. The first-order chi connectivity index (χ1) is 4.68. The minimum absolute atomic E-state index is 0.0937. The van der Waals surface area contributed by atoms with Crippen molar-refractivity contribution in [3.63, 3.8) is 0 Å². The zero-order valence-electron chi connectivity index (χ0n) is 5.16. The van der Waals surface area contributed by atoms with Crippen LogP contribution < -0.4 is 5.73 Å². The van der Waals surface area contributed by atoms with E-state index in [-0.39, 0.29) is 12.3 Å². The van der Waals surface area contributed by atoms with Gasteiger partial charge < -0.3 is 5.73 Å². The molecule has 0 fully saturated rings. The maximum atomic E-state index is 10.5. The van der Waals surface area contributed by atoms with Gasteiger partial charge in [0.05, 0.1) is 17.2 Å². The van der Waals surface area contributed by atoms with Crippen LogP contribution in [0.3, 0.4) is 0 Å². The Bertz CT molecular complexity index is 212. The van der Waals surface area contributed by atoms with Crippen LogP contribution in [-0.4, -0.2) is 22.6 Å². The van der Waals surface area contributed by atoms with E-state index in [1.54, 1.807) is 0 Å². The first-order valence-corrected chi connectivity index (χ1v) is 3.68. The van der Waals surface area contributed by atoms with Gasteiger partial charge in [-0.1, -0.05) is 0 Å². The molecule has 54 valence electrons. The van der Waals surface area contributed by atoms with Crippen molar-refractivity contribution in [2.75, 3.05) is 5.75 Å². The molecule has 0 unspecified atom stereocenters. The number of hydrogen-bond donors (Lipinski definition) is 1. The highest BCUT2D eigenvalue weighted by molar-refractivity contribution is 8.15. The van der Waals surface area contributed by atoms with Crippen molar-refractivity contribution in [3.05, 3.63) is 0 Å². The van der Waals surface area contributed by atoms with Crippen molar-refractivity contribution >= 4 is 28.6 Å². The van der Waals surface area contributed by atoms with Crippen LogP contribution in [0.15, 0.2) is 4.99 Å². The molecule has 2 amide bonds. The van der Waals surface area contributed by atoms with Crippen molar-refractivity contribution in [1.29, 1.82) is 0 Å². The third kappa shape index (κ3) is 1.84. The molecule has 0 aromatic heterocycles. The fraction of sp³-hybridized carbons (Fsp3) is 0.400. The van der Waals surface area contributed by atoms with Gasteiger partial charge in [0.15, 0.2) is 0 Å². The van der Waals surface area contributed by atoms with Crippen LogP contribution >= 0.6 is 11.8 Å². The van der Waals surface area contributed by atoms with Crippen LogP contribution in [0.2, 0.25) is 0 Å². The van der Waals surface area contributed by atoms with Gasteiger partial charge in [-0.05, 0) is 0 Å². The molecule has 4 nitrogen and oxygen atoms in total. The minimum Gasteiger partial charge on any atom is -0.369 e. The van der Waals surface area contributed by atoms with E-state index in [4.69, 9.17) is 5.73 Å². The van der Waals surface area contributed by atoms with E-state index in [0.717, 1.165) is 0 Å². The van der Waals surface area contributed by atoms with Crippen molar-refractivity contribution in [1.82, 2.24) is 0 Å². The van der Waals surface area contributed by atoms with Gasteiger partial charge >= 0.3 is 0 Å². The number of hydrogen-bond acceptors (Lipinski definition) is 3. The predicted octanol–water partition coefficient (Wildman–Crippen LogP) is -0.466. The van der Waals surface area contributed by atoms with Gasteiger partial charge in [-0.3, -0.25) is 9.59 Å². The normalized spacial score (nSPS) is 17.2. The average molecular weight is 158 g/mol. The molecule has 10 heavy (non-hydrogen) atoms. The molecule has 0 aromatic rings. The number of aliphatic imine (C=N–C) groups is 1. The van der Waals surface area contributed by atoms with Crippen LogP contribution in [0.5, 0.6) is 0 Å². The molecule has 0 aromatic carbocycles. The molecule has 0 atom stereocenters. The van der Waals surface area contributed by atoms with E-state index in [1.165, 1.54) is 11.8 Å². The summed E-state index contributed by atoms with van der Waals surface area (Å²) in [4.78, 5) is 24.3. The molecule has 0 bridgehead atoms. The lowest BCUT2D eigenvalue weighted by Crippen LogP contribution is -2.13. The topological polar surface area (TPSA) is 72.5 Å². The average Bonchev–Trinajstić information content (AvgIpc) is 2.13. The fourth-order valence-corrected chi connectivity index (χ4v) is 1.35. The van der Waals surface area contributed by atoms with E-state index in [1.807, 2.05) is 0 Å². The van der Waals surface area contributed by atoms with Gasteiger partial charge in [0.25, 0.3) is 5.91 Å². The Morgan fingerprint density at radius 2 is 2.50 bits per heavy atom. The molecule has 0 saturated carbocycles. The number of thioether (sulfide) groups is 1. The Hall–Kier alpha value is -0.840. The highest BCUT2D eigenvalue weighted by Gasteiger charge is 2.15. The standard InChI is InChI=1S/C5H6N2O2S/c6-3(8)1-5-7-4(9)2-10-5/h1-2H2,(H2,6,8). The Balaban J connectivity index is 2.50. The van der Waals surface area contributed by atoms with Gasteiger partial charge in [0.1, 0.15) is 0 Å². The zero-order valence-corrected chi connectivity index (χ0v) is 5.98. The second-order valence-electron chi connectivity index (χ2n) is 1.83. The third-order valence-corrected chi connectivity index (χ3v) is 1.90. The van der Waals surface area contributed by atoms with Crippen LogP contribution in [0.25, 0.3) is 0 Å². The summed E-state index contributed by atoms with van der Waals surface area (Å²) in [5.41, 5.74) is 4.87. The Labute approximate surface area is 61.9 Å². The Kier molecular flexibility index (Phi) is 2.06. The highest BCUT2D eigenvalue weighted by atomic mass is 32.2. The first kappa shape index (κ1) is 7.27. The number of nitrogens with zero attached hydrogens (tertiary/aromatic N) is 1. The second kappa shape index (κ2) is 2.83. The van der Waals surface area contributed by atoms with E-state index in [0.29, 0.717) is 10.8 Å². The van der Waals surface area contributed by atoms with Gasteiger partial charge in [-0.15, -0.1) is 11.8 Å². The Morgan fingerprint density at radius 3 is 2.90 bits per heavy atom. The monoisotopic (exact) mass is 158 g/mol. The smallest absolute Gasteiger partial charge is 0.256 e. The maximum Gasteiger partial charge on any atom is 0.256 e. The van der Waals surface area contributed by atoms with Crippen LogP contribution in [-0.2, 0) is 9.59 Å². The van der Waals surface area contributed by atoms with Crippen LogP contribution in [0.1, 0.15) is 6.42 Å². The summed E-state index contributed by atoms with van der Waals surface area (Å²) in [6.07, 6.45) is 0.0937. The van der Waals surface area contributed by atoms with E-state index in [9.17, 15) is 9.59 Å². The minimum atomic E-state index is -0.444. The second-order valence-corrected chi connectivity index (χ2v) is 2.88. The molecule has 0 radical (unpaired) electrons. The molecule has 2 N–H and O–H groups in total. The largest absolute Gasteiger partial charge is 0.369 e. The van der Waals surface area contributed by atoms with Crippen molar-refractivity contribution in [3.8, 4) is 0 Å². The lowest BCUT2D eigenvalue weighted by molar-refractivity contribution is -0.116. The van der Waals surface area contributed by atoms with Gasteiger partial charge in [-0.2, -0.15) is 0 Å². The fourth-order valence-electron chi connectivity index (χ4n) is 0.588. The molecule has 0 aliphatic carbocycles. The molecular weight excluding hydrogens is 152 g/mol. The molecular formula is C5H6N2O2S. The quantitative estimate of drug-likeness (QED) is 0.590. The number of carbonyl (C=O) groups is 2. The van der Waals surface area contributed by atoms with Crippen molar-refractivity contribution in [2.45, 2.75) is 6.42 Å². The highest BCUT2D eigenvalue weighted by Crippen LogP contribution is 2.14. The van der Waals surface area contributed by atoms with Gasteiger partial charge in [0.2, 0.25) is 5.91 Å². The van der Waals surface area contributed by atoms with E-state index in [2.05, 4.69) is 4.99 Å². The molecule has 1 rings (SSSR count). The Morgan fingerprint density at radius 1 is 1.80 bits per heavy atom. The first-order valence-electron chi connectivity index (χ1n) is 2.70. The number of rotatable bonds is 2. The molecule has 1 heterocycles. The van der Waals surface area contributed by atoms with Crippen molar-refractivity contribution in [2.24, 2.45) is 10.7 Å².